The van der Waals surface area contributed by atoms with Gasteiger partial charge in [0.25, 0.3) is 0 Å². The molecule has 96 valence electrons. The fourth-order valence-electron chi connectivity index (χ4n) is 1.65. The summed E-state index contributed by atoms with van der Waals surface area (Å²) >= 11 is 3.37. The lowest BCUT2D eigenvalue weighted by Crippen LogP contribution is -1.88. The Morgan fingerprint density at radius 3 is 2.74 bits per heavy atom. The fourth-order valence-corrected chi connectivity index (χ4v) is 2.01. The average molecular weight is 320 g/mol. The third kappa shape index (κ3) is 3.15. The Morgan fingerprint density at radius 1 is 1.32 bits per heavy atom. The molecule has 0 atom stereocenters. The molecule has 0 N–H and O–H groups in total. The number of carbonyl (C=O) groups excluding carboxylic acids is 1. The summed E-state index contributed by atoms with van der Waals surface area (Å²) in [4.78, 5) is 14.5. The largest absolute Gasteiger partial charge is 0.298 e. The number of benzene rings is 1. The zero-order chi connectivity index (χ0) is 13.8. The van der Waals surface area contributed by atoms with Gasteiger partial charge in [-0.05, 0) is 30.7 Å². The lowest BCUT2D eigenvalue weighted by molar-refractivity contribution is 0.112. The molecule has 0 aliphatic rings. The van der Waals surface area contributed by atoms with Crippen LogP contribution in [0, 0.1) is 6.92 Å². The molecule has 0 fully saturated rings. The Labute approximate surface area is 119 Å². The number of aromatic nitrogens is 1. The number of hydrogen-bond donors (Lipinski definition) is 0. The standard InChI is InChI=1S/C15H11BrFNO/c1-10-13(3-2-4-14(10)16)15(17)7-12-6-5-11(9-19)8-18-12/h2-9H,1H3/b15-7-. The Balaban J connectivity index is 2.36. The van der Waals surface area contributed by atoms with Crippen LogP contribution in [0.15, 0.2) is 41.0 Å². The molecular formula is C15H11BrFNO. The average Bonchev–Trinajstić information content (AvgIpc) is 2.42. The van der Waals surface area contributed by atoms with Crippen LogP contribution in [0.3, 0.4) is 0 Å². The Bertz CT molecular complexity index is 635. The summed E-state index contributed by atoms with van der Waals surface area (Å²) in [6.45, 7) is 1.84. The van der Waals surface area contributed by atoms with Gasteiger partial charge in [0.15, 0.2) is 6.29 Å². The van der Waals surface area contributed by atoms with Crippen molar-refractivity contribution in [2.75, 3.05) is 0 Å². The third-order valence-corrected chi connectivity index (χ3v) is 3.60. The molecule has 1 aromatic carbocycles. The second-order valence-corrected chi connectivity index (χ2v) is 4.89. The van der Waals surface area contributed by atoms with Crippen LogP contribution in [0.2, 0.25) is 0 Å². The molecule has 0 bridgehead atoms. The van der Waals surface area contributed by atoms with Gasteiger partial charge in [0, 0.05) is 27.9 Å². The summed E-state index contributed by atoms with van der Waals surface area (Å²) in [6.07, 6.45) is 3.47. The first-order valence-corrected chi connectivity index (χ1v) is 6.45. The number of rotatable bonds is 3. The first-order valence-electron chi connectivity index (χ1n) is 5.65. The Morgan fingerprint density at radius 2 is 2.11 bits per heavy atom. The highest BCUT2D eigenvalue weighted by Crippen LogP contribution is 2.27. The minimum Gasteiger partial charge on any atom is -0.298 e. The van der Waals surface area contributed by atoms with Crippen molar-refractivity contribution in [3.05, 3.63) is 63.4 Å². The van der Waals surface area contributed by atoms with E-state index >= 15 is 0 Å². The SMILES string of the molecule is Cc1c(Br)cccc1/C(F)=C/c1ccc(C=O)cn1. The number of carbonyl (C=O) groups is 1. The predicted octanol–water partition coefficient (Wildman–Crippen LogP) is 4.43. The molecule has 0 spiro atoms. The molecule has 2 rings (SSSR count). The van der Waals surface area contributed by atoms with E-state index in [4.69, 9.17) is 0 Å². The second-order valence-electron chi connectivity index (χ2n) is 4.04. The molecule has 2 nitrogen and oxygen atoms in total. The molecule has 19 heavy (non-hydrogen) atoms. The first kappa shape index (κ1) is 13.6. The van der Waals surface area contributed by atoms with Gasteiger partial charge in [-0.3, -0.25) is 9.78 Å². The summed E-state index contributed by atoms with van der Waals surface area (Å²) in [5.41, 5.74) is 2.30. The van der Waals surface area contributed by atoms with E-state index in [1.165, 1.54) is 12.3 Å². The van der Waals surface area contributed by atoms with Crippen molar-refractivity contribution in [3.63, 3.8) is 0 Å². The fraction of sp³-hybridized carbons (Fsp3) is 0.0667. The highest BCUT2D eigenvalue weighted by Gasteiger charge is 2.07. The van der Waals surface area contributed by atoms with E-state index in [9.17, 15) is 9.18 Å². The van der Waals surface area contributed by atoms with Crippen LogP contribution < -0.4 is 0 Å². The highest BCUT2D eigenvalue weighted by molar-refractivity contribution is 9.10. The molecule has 0 saturated heterocycles. The van der Waals surface area contributed by atoms with Crippen molar-refractivity contribution >= 4 is 34.1 Å². The molecule has 0 unspecified atom stereocenters. The van der Waals surface area contributed by atoms with E-state index in [-0.39, 0.29) is 5.83 Å². The topological polar surface area (TPSA) is 30.0 Å². The molecule has 0 aliphatic carbocycles. The van der Waals surface area contributed by atoms with E-state index in [0.717, 1.165) is 10.0 Å². The molecule has 0 radical (unpaired) electrons. The van der Waals surface area contributed by atoms with Crippen LogP contribution in [0.25, 0.3) is 11.9 Å². The second kappa shape index (κ2) is 5.89. The maximum atomic E-state index is 14.2. The quantitative estimate of drug-likeness (QED) is 0.783. The van der Waals surface area contributed by atoms with E-state index in [2.05, 4.69) is 20.9 Å². The zero-order valence-corrected chi connectivity index (χ0v) is 11.8. The number of pyridine rings is 1. The van der Waals surface area contributed by atoms with Gasteiger partial charge in [-0.2, -0.15) is 0 Å². The number of nitrogens with zero attached hydrogens (tertiary/aromatic N) is 1. The van der Waals surface area contributed by atoms with Gasteiger partial charge in [0.2, 0.25) is 0 Å². The van der Waals surface area contributed by atoms with Gasteiger partial charge in [0.1, 0.15) is 5.83 Å². The van der Waals surface area contributed by atoms with E-state index in [1.54, 1.807) is 24.3 Å². The number of hydrogen-bond acceptors (Lipinski definition) is 2. The molecule has 0 aliphatic heterocycles. The van der Waals surface area contributed by atoms with Gasteiger partial charge in [-0.25, -0.2) is 4.39 Å². The van der Waals surface area contributed by atoms with Crippen LogP contribution in [-0.4, -0.2) is 11.3 Å². The van der Waals surface area contributed by atoms with Crippen LogP contribution in [0.5, 0.6) is 0 Å². The monoisotopic (exact) mass is 319 g/mol. The van der Waals surface area contributed by atoms with Crippen molar-refractivity contribution in [2.24, 2.45) is 0 Å². The lowest BCUT2D eigenvalue weighted by Gasteiger charge is -2.05. The number of halogens is 2. The molecule has 2 aromatic rings. The minimum absolute atomic E-state index is 0.356. The van der Waals surface area contributed by atoms with Gasteiger partial charge in [-0.1, -0.05) is 28.1 Å². The maximum absolute atomic E-state index is 14.2. The van der Waals surface area contributed by atoms with Gasteiger partial charge in [-0.15, -0.1) is 0 Å². The van der Waals surface area contributed by atoms with Gasteiger partial charge in [0.05, 0.1) is 5.69 Å². The summed E-state index contributed by atoms with van der Waals surface area (Å²) < 4.78 is 15.0. The van der Waals surface area contributed by atoms with E-state index < -0.39 is 0 Å². The molecular weight excluding hydrogens is 309 g/mol. The first-order chi connectivity index (χ1) is 9.11. The molecule has 4 heteroatoms. The van der Waals surface area contributed by atoms with Gasteiger partial charge < -0.3 is 0 Å². The maximum Gasteiger partial charge on any atom is 0.151 e. The molecule has 1 heterocycles. The normalized spacial score (nSPS) is 11.4. The summed E-state index contributed by atoms with van der Waals surface area (Å²) in [5, 5.41) is 0. The summed E-state index contributed by atoms with van der Waals surface area (Å²) in [6, 6.07) is 8.57. The molecule has 0 saturated carbocycles. The van der Waals surface area contributed by atoms with Gasteiger partial charge >= 0.3 is 0 Å². The molecule has 1 aromatic heterocycles. The van der Waals surface area contributed by atoms with E-state index in [0.29, 0.717) is 23.1 Å². The minimum atomic E-state index is -0.356. The molecule has 0 amide bonds. The van der Waals surface area contributed by atoms with Crippen molar-refractivity contribution in [1.29, 1.82) is 0 Å². The zero-order valence-electron chi connectivity index (χ0n) is 10.2. The highest BCUT2D eigenvalue weighted by atomic mass is 79.9. The summed E-state index contributed by atoms with van der Waals surface area (Å²) in [7, 11) is 0. The van der Waals surface area contributed by atoms with Crippen molar-refractivity contribution in [3.8, 4) is 0 Å². The Kier molecular flexibility index (Phi) is 4.22. The Hall–Kier alpha value is -1.81. The summed E-state index contributed by atoms with van der Waals surface area (Å²) in [5.74, 6) is -0.356. The lowest BCUT2D eigenvalue weighted by atomic mass is 10.1. The van der Waals surface area contributed by atoms with Crippen LogP contribution in [-0.2, 0) is 0 Å². The van der Waals surface area contributed by atoms with Crippen molar-refractivity contribution in [2.45, 2.75) is 6.92 Å². The van der Waals surface area contributed by atoms with Crippen LogP contribution >= 0.6 is 15.9 Å². The van der Waals surface area contributed by atoms with E-state index in [1.807, 2.05) is 13.0 Å². The smallest absolute Gasteiger partial charge is 0.151 e. The predicted molar refractivity (Wildman–Crippen MR) is 77.5 cm³/mol. The van der Waals surface area contributed by atoms with Crippen molar-refractivity contribution in [1.82, 2.24) is 4.98 Å². The van der Waals surface area contributed by atoms with Crippen molar-refractivity contribution < 1.29 is 9.18 Å². The van der Waals surface area contributed by atoms with Crippen LogP contribution in [0.4, 0.5) is 4.39 Å². The third-order valence-electron chi connectivity index (χ3n) is 2.74. The number of aldehydes is 1. The van der Waals surface area contributed by atoms with Crippen LogP contribution in [0.1, 0.15) is 27.2 Å².